The molecule has 2 aliphatic carbocycles. The summed E-state index contributed by atoms with van der Waals surface area (Å²) in [6.07, 6.45) is 1.92. The van der Waals surface area contributed by atoms with Crippen LogP contribution in [0.1, 0.15) is 31.2 Å². The van der Waals surface area contributed by atoms with Gasteiger partial charge in [0.1, 0.15) is 23.1 Å². The van der Waals surface area contributed by atoms with Gasteiger partial charge in [-0.2, -0.15) is 17.4 Å². The lowest BCUT2D eigenvalue weighted by Gasteiger charge is -2.42. The molecule has 3 aliphatic rings. The molecule has 36 heavy (non-hydrogen) atoms. The van der Waals surface area contributed by atoms with Gasteiger partial charge < -0.3 is 10.0 Å². The van der Waals surface area contributed by atoms with Crippen LogP contribution in [0, 0.1) is 23.4 Å². The number of carbonyl (C=O) groups is 1. The topological polar surface area (TPSA) is 90.0 Å². The first-order valence-corrected chi connectivity index (χ1v) is 13.3. The van der Waals surface area contributed by atoms with Crippen LogP contribution >= 0.6 is 0 Å². The number of piperidine rings is 1. The van der Waals surface area contributed by atoms with E-state index in [1.165, 1.54) is 26.2 Å². The maximum Gasteiger partial charge on any atom is 0.279 e. The summed E-state index contributed by atoms with van der Waals surface area (Å²) in [6, 6.07) is 5.58. The molecule has 3 fully saturated rings. The number of amides is 1. The Bertz CT molecular complexity index is 1300. The standard InChI is InChI=1S/C25H28F3N3O4S/c1-30(2)36(34,35)29-23-19-13-20(19)31(24(32)25(33)7-4-8-25)21(23)11-14-5-3-6-18(22(14)28)15-9-16(26)12-17(27)10-15/h3,5-6,9-10,12,19-21,23,29,33H,4,7-8,11,13H2,1-2H3/t19-,20+,21+,23+/m1/s1. The number of nitrogens with one attached hydrogen (secondary N) is 1. The number of halogens is 3. The molecule has 1 saturated heterocycles. The van der Waals surface area contributed by atoms with E-state index in [0.29, 0.717) is 31.7 Å². The summed E-state index contributed by atoms with van der Waals surface area (Å²) in [4.78, 5) is 14.9. The van der Waals surface area contributed by atoms with Gasteiger partial charge in [0.15, 0.2) is 0 Å². The maximum absolute atomic E-state index is 15.7. The maximum atomic E-state index is 15.7. The third-order valence-electron chi connectivity index (χ3n) is 7.66. The highest BCUT2D eigenvalue weighted by Gasteiger charge is 2.63. The van der Waals surface area contributed by atoms with E-state index in [0.717, 1.165) is 16.4 Å². The fourth-order valence-corrected chi connectivity index (χ4v) is 6.33. The average molecular weight is 524 g/mol. The zero-order valence-electron chi connectivity index (χ0n) is 19.9. The van der Waals surface area contributed by atoms with E-state index in [2.05, 4.69) is 4.72 Å². The predicted molar refractivity (Wildman–Crippen MR) is 126 cm³/mol. The van der Waals surface area contributed by atoms with Crippen LogP contribution in [0.4, 0.5) is 13.2 Å². The number of likely N-dealkylation sites (tertiary alicyclic amines) is 1. The molecule has 1 amide bonds. The number of rotatable bonds is 7. The van der Waals surface area contributed by atoms with Gasteiger partial charge in [0.25, 0.3) is 16.1 Å². The van der Waals surface area contributed by atoms with Gasteiger partial charge in [0.05, 0.1) is 6.04 Å². The summed E-state index contributed by atoms with van der Waals surface area (Å²) in [7, 11) is -1.08. The van der Waals surface area contributed by atoms with Crippen LogP contribution in [0.25, 0.3) is 11.1 Å². The van der Waals surface area contributed by atoms with Crippen molar-refractivity contribution in [2.75, 3.05) is 14.1 Å². The van der Waals surface area contributed by atoms with Gasteiger partial charge in [-0.1, -0.05) is 18.2 Å². The molecule has 7 nitrogen and oxygen atoms in total. The number of carbonyl (C=O) groups excluding carboxylic acids is 1. The summed E-state index contributed by atoms with van der Waals surface area (Å²) in [5.74, 6) is -2.99. The van der Waals surface area contributed by atoms with E-state index in [4.69, 9.17) is 0 Å². The number of hydrogen-bond donors (Lipinski definition) is 2. The summed E-state index contributed by atoms with van der Waals surface area (Å²) in [6.45, 7) is 0. The molecular weight excluding hydrogens is 495 g/mol. The third kappa shape index (κ3) is 4.31. The molecule has 1 aliphatic heterocycles. The van der Waals surface area contributed by atoms with Crippen molar-refractivity contribution >= 4 is 16.1 Å². The lowest BCUT2D eigenvalue weighted by atomic mass is 9.78. The van der Waals surface area contributed by atoms with Gasteiger partial charge in [-0.05, 0) is 61.3 Å². The largest absolute Gasteiger partial charge is 0.380 e. The second-order valence-electron chi connectivity index (χ2n) is 10.2. The third-order valence-corrected chi connectivity index (χ3v) is 9.19. The molecule has 2 saturated carbocycles. The fraction of sp³-hybridized carbons (Fsp3) is 0.480. The van der Waals surface area contributed by atoms with Crippen LogP contribution in [0.5, 0.6) is 0 Å². The molecule has 11 heteroatoms. The first-order chi connectivity index (χ1) is 16.9. The number of fused-ring (bicyclic) bond motifs is 1. The van der Waals surface area contributed by atoms with E-state index in [1.807, 2.05) is 0 Å². The Morgan fingerprint density at radius 2 is 1.83 bits per heavy atom. The van der Waals surface area contributed by atoms with Gasteiger partial charge in [0.2, 0.25) is 0 Å². The molecule has 2 aromatic carbocycles. The molecule has 0 aromatic heterocycles. The second-order valence-corrected chi connectivity index (χ2v) is 12.1. The first-order valence-electron chi connectivity index (χ1n) is 11.9. The minimum absolute atomic E-state index is 0.00465. The normalized spacial score (nSPS) is 26.6. The Morgan fingerprint density at radius 3 is 2.42 bits per heavy atom. The monoisotopic (exact) mass is 523 g/mol. The second kappa shape index (κ2) is 8.83. The zero-order chi connectivity index (χ0) is 26.0. The van der Waals surface area contributed by atoms with Crippen molar-refractivity contribution in [1.82, 2.24) is 13.9 Å². The first kappa shape index (κ1) is 25.2. The Labute approximate surface area is 208 Å². The van der Waals surface area contributed by atoms with Crippen LogP contribution < -0.4 is 4.72 Å². The molecule has 4 atom stereocenters. The number of aliphatic hydroxyl groups is 1. The summed E-state index contributed by atoms with van der Waals surface area (Å²) < 4.78 is 72.3. The van der Waals surface area contributed by atoms with Crippen molar-refractivity contribution in [2.45, 2.75) is 55.8 Å². The van der Waals surface area contributed by atoms with Crippen LogP contribution in [0.15, 0.2) is 36.4 Å². The van der Waals surface area contributed by atoms with E-state index < -0.39 is 51.3 Å². The van der Waals surface area contributed by atoms with E-state index in [1.54, 1.807) is 11.0 Å². The lowest BCUT2D eigenvalue weighted by molar-refractivity contribution is -0.162. The fourth-order valence-electron chi connectivity index (χ4n) is 5.44. The van der Waals surface area contributed by atoms with Gasteiger partial charge in [-0.25, -0.2) is 13.2 Å². The molecule has 0 bridgehead atoms. The Balaban J connectivity index is 1.51. The molecule has 2 N–H and O–H groups in total. The minimum Gasteiger partial charge on any atom is -0.380 e. The van der Waals surface area contributed by atoms with Gasteiger partial charge >= 0.3 is 0 Å². The Hall–Kier alpha value is -2.47. The zero-order valence-corrected chi connectivity index (χ0v) is 20.7. The van der Waals surface area contributed by atoms with Crippen molar-refractivity contribution in [1.29, 1.82) is 0 Å². The van der Waals surface area contributed by atoms with Gasteiger partial charge in [-0.15, -0.1) is 0 Å². The van der Waals surface area contributed by atoms with Gasteiger partial charge in [-0.3, -0.25) is 4.79 Å². The summed E-state index contributed by atoms with van der Waals surface area (Å²) in [5.41, 5.74) is -1.28. The minimum atomic E-state index is -3.85. The summed E-state index contributed by atoms with van der Waals surface area (Å²) >= 11 is 0. The van der Waals surface area contributed by atoms with Crippen molar-refractivity contribution < 1.29 is 31.5 Å². The molecule has 0 radical (unpaired) electrons. The summed E-state index contributed by atoms with van der Waals surface area (Å²) in [5, 5.41) is 10.8. The lowest BCUT2D eigenvalue weighted by Crippen LogP contribution is -2.59. The molecule has 0 spiro atoms. The predicted octanol–water partition coefficient (Wildman–Crippen LogP) is 2.59. The van der Waals surface area contributed by atoms with Crippen LogP contribution in [0.2, 0.25) is 0 Å². The van der Waals surface area contributed by atoms with E-state index in [9.17, 15) is 27.1 Å². The van der Waals surface area contributed by atoms with Crippen molar-refractivity contribution in [3.8, 4) is 11.1 Å². The highest BCUT2D eigenvalue weighted by atomic mass is 32.2. The quantitative estimate of drug-likeness (QED) is 0.584. The molecule has 0 unspecified atom stereocenters. The molecular formula is C25H28F3N3O4S. The molecule has 1 heterocycles. The van der Waals surface area contributed by atoms with E-state index in [-0.39, 0.29) is 35.1 Å². The van der Waals surface area contributed by atoms with Crippen LogP contribution in [-0.2, 0) is 21.4 Å². The molecule has 5 rings (SSSR count). The number of nitrogens with zero attached hydrogens (tertiary/aromatic N) is 2. The molecule has 194 valence electrons. The van der Waals surface area contributed by atoms with Crippen molar-refractivity contribution in [2.24, 2.45) is 5.92 Å². The average Bonchev–Trinajstić information content (AvgIpc) is 3.50. The molecule has 2 aromatic rings. The van der Waals surface area contributed by atoms with E-state index >= 15 is 4.39 Å². The SMILES string of the molecule is CN(C)S(=O)(=O)N[C@H]1[C@@H]2C[C@@H]2N(C(=O)C2(O)CCC2)[C@H]1Cc1cccc(-c2cc(F)cc(F)c2)c1F. The van der Waals surface area contributed by atoms with Crippen LogP contribution in [-0.4, -0.2) is 66.5 Å². The van der Waals surface area contributed by atoms with Crippen molar-refractivity contribution in [3.63, 3.8) is 0 Å². The highest BCUT2D eigenvalue weighted by molar-refractivity contribution is 7.87. The Kier molecular flexibility index (Phi) is 6.18. The smallest absolute Gasteiger partial charge is 0.279 e. The van der Waals surface area contributed by atoms with Crippen LogP contribution in [0.3, 0.4) is 0 Å². The highest BCUT2D eigenvalue weighted by Crippen LogP contribution is 2.51. The van der Waals surface area contributed by atoms with Gasteiger partial charge in [0, 0.05) is 37.8 Å². The Morgan fingerprint density at radius 1 is 1.17 bits per heavy atom. The van der Waals surface area contributed by atoms with Crippen molar-refractivity contribution in [3.05, 3.63) is 59.4 Å². The number of benzene rings is 2. The number of hydrogen-bond acceptors (Lipinski definition) is 4.